The van der Waals surface area contributed by atoms with Crippen molar-refractivity contribution in [3.63, 3.8) is 0 Å². The first-order valence-electron chi connectivity index (χ1n) is 3.24. The summed E-state index contributed by atoms with van der Waals surface area (Å²) >= 11 is 0. The van der Waals surface area contributed by atoms with Crippen LogP contribution in [0.1, 0.15) is 5.56 Å². The fourth-order valence-corrected chi connectivity index (χ4v) is 1.11. The molecule has 0 spiro atoms. The highest BCUT2D eigenvalue weighted by atomic mass is 19.1. The molecule has 0 amide bonds. The van der Waals surface area contributed by atoms with Crippen molar-refractivity contribution in [3.05, 3.63) is 30.1 Å². The average molecular weight is 150 g/mol. The zero-order chi connectivity index (χ0) is 8.01. The molecule has 1 aromatic rings. The highest BCUT2D eigenvalue weighted by Gasteiger charge is 2.18. The van der Waals surface area contributed by atoms with E-state index in [2.05, 4.69) is 11.9 Å². The second-order valence-electron chi connectivity index (χ2n) is 2.52. The van der Waals surface area contributed by atoms with Crippen LogP contribution in [0.25, 0.3) is 5.70 Å². The number of nitrogen functional groups attached to an aromatic ring is 1. The molecule has 1 aliphatic rings. The predicted molar refractivity (Wildman–Crippen MR) is 43.5 cm³/mol. The number of rotatable bonds is 0. The topological polar surface area (TPSA) is 38.0 Å². The fraction of sp³-hybridized carbons (Fsp3) is 0. The smallest absolute Gasteiger partial charge is 0.146 e. The third kappa shape index (κ3) is 0.707. The molecule has 1 aromatic carbocycles. The molecule has 56 valence electrons. The van der Waals surface area contributed by atoms with Crippen LogP contribution in [0.3, 0.4) is 0 Å². The largest absolute Gasteiger partial charge is 0.396 e. The Hall–Kier alpha value is -1.51. The van der Waals surface area contributed by atoms with Gasteiger partial charge < -0.3 is 11.1 Å². The lowest BCUT2D eigenvalue weighted by atomic mass is 10.0. The van der Waals surface area contributed by atoms with Gasteiger partial charge in [-0.05, 0) is 12.1 Å². The minimum absolute atomic E-state index is 0.170. The molecule has 0 saturated carbocycles. The second-order valence-corrected chi connectivity index (χ2v) is 2.52. The first-order chi connectivity index (χ1) is 5.18. The van der Waals surface area contributed by atoms with Gasteiger partial charge in [0.05, 0.1) is 11.4 Å². The normalized spacial score (nSPS) is 13.4. The Kier molecular flexibility index (Phi) is 0.990. The van der Waals surface area contributed by atoms with Gasteiger partial charge in [0, 0.05) is 11.3 Å². The van der Waals surface area contributed by atoms with E-state index in [9.17, 15) is 4.39 Å². The number of anilines is 2. The highest BCUT2D eigenvalue weighted by Crippen LogP contribution is 2.36. The van der Waals surface area contributed by atoms with E-state index >= 15 is 0 Å². The molecule has 0 atom stereocenters. The summed E-state index contributed by atoms with van der Waals surface area (Å²) in [5.41, 5.74) is 7.92. The van der Waals surface area contributed by atoms with Crippen molar-refractivity contribution in [2.75, 3.05) is 11.1 Å². The van der Waals surface area contributed by atoms with Crippen molar-refractivity contribution in [2.24, 2.45) is 0 Å². The van der Waals surface area contributed by atoms with Gasteiger partial charge in [0.2, 0.25) is 0 Å². The van der Waals surface area contributed by atoms with Crippen LogP contribution in [0, 0.1) is 5.82 Å². The van der Waals surface area contributed by atoms with Gasteiger partial charge in [-0.15, -0.1) is 0 Å². The molecule has 0 unspecified atom stereocenters. The highest BCUT2D eigenvalue weighted by molar-refractivity contribution is 5.94. The summed E-state index contributed by atoms with van der Waals surface area (Å²) < 4.78 is 12.8. The summed E-state index contributed by atoms with van der Waals surface area (Å²) in [7, 11) is 0. The van der Waals surface area contributed by atoms with Gasteiger partial charge in [-0.2, -0.15) is 0 Å². The Balaban J connectivity index is 2.63. The lowest BCUT2D eigenvalue weighted by Crippen LogP contribution is -2.12. The number of fused-ring (bicyclic) bond motifs is 1. The van der Waals surface area contributed by atoms with Crippen LogP contribution in [0.5, 0.6) is 0 Å². The van der Waals surface area contributed by atoms with E-state index in [0.29, 0.717) is 0 Å². The fourth-order valence-electron chi connectivity index (χ4n) is 1.11. The van der Waals surface area contributed by atoms with E-state index < -0.39 is 0 Å². The first-order valence-corrected chi connectivity index (χ1v) is 3.24. The van der Waals surface area contributed by atoms with Gasteiger partial charge in [0.1, 0.15) is 5.82 Å². The van der Waals surface area contributed by atoms with Crippen molar-refractivity contribution >= 4 is 17.1 Å². The second kappa shape index (κ2) is 1.75. The molecule has 3 N–H and O–H groups in total. The van der Waals surface area contributed by atoms with Crippen LogP contribution in [-0.2, 0) is 0 Å². The van der Waals surface area contributed by atoms with Crippen LogP contribution < -0.4 is 11.1 Å². The van der Waals surface area contributed by atoms with Gasteiger partial charge in [-0.25, -0.2) is 4.39 Å². The molecule has 3 heteroatoms. The van der Waals surface area contributed by atoms with Crippen molar-refractivity contribution in [3.8, 4) is 0 Å². The van der Waals surface area contributed by atoms with Crippen LogP contribution in [0.15, 0.2) is 18.7 Å². The van der Waals surface area contributed by atoms with Gasteiger partial charge in [-0.3, -0.25) is 0 Å². The minimum atomic E-state index is -0.383. The summed E-state index contributed by atoms with van der Waals surface area (Å²) in [6.45, 7) is 3.65. The third-order valence-electron chi connectivity index (χ3n) is 1.75. The Morgan fingerprint density at radius 1 is 1.45 bits per heavy atom. The molecule has 11 heavy (non-hydrogen) atoms. The molecule has 2 nitrogen and oxygen atoms in total. The summed E-state index contributed by atoms with van der Waals surface area (Å²) in [6, 6.07) is 2.96. The maximum atomic E-state index is 12.8. The zero-order valence-corrected chi connectivity index (χ0v) is 5.82. The number of hydrogen-bond donors (Lipinski definition) is 2. The van der Waals surface area contributed by atoms with Crippen molar-refractivity contribution in [2.45, 2.75) is 0 Å². The Morgan fingerprint density at radius 3 is 2.82 bits per heavy atom. The van der Waals surface area contributed by atoms with Crippen LogP contribution in [0.2, 0.25) is 0 Å². The zero-order valence-electron chi connectivity index (χ0n) is 5.82. The lowest BCUT2D eigenvalue weighted by molar-refractivity contribution is 0.632. The average Bonchev–Trinajstić information content (AvgIpc) is 1.97. The van der Waals surface area contributed by atoms with Gasteiger partial charge >= 0.3 is 0 Å². The van der Waals surface area contributed by atoms with Crippen molar-refractivity contribution < 1.29 is 4.39 Å². The quantitative estimate of drug-likeness (QED) is 0.553. The number of nitrogens with one attached hydrogen (secondary N) is 1. The molecule has 0 fully saturated rings. The monoisotopic (exact) mass is 150 g/mol. The van der Waals surface area contributed by atoms with Gasteiger partial charge in [0.25, 0.3) is 0 Å². The van der Waals surface area contributed by atoms with Crippen LogP contribution in [0.4, 0.5) is 15.8 Å². The summed E-state index contributed by atoms with van der Waals surface area (Å²) in [6.07, 6.45) is 0. The SMILES string of the molecule is C=C1Nc2cc(N)c(F)cc21. The lowest BCUT2D eigenvalue weighted by Gasteiger charge is -2.24. The molecule has 0 saturated heterocycles. The molecular weight excluding hydrogens is 143 g/mol. The molecule has 1 heterocycles. The van der Waals surface area contributed by atoms with E-state index in [-0.39, 0.29) is 11.5 Å². The number of halogens is 1. The van der Waals surface area contributed by atoms with E-state index in [1.54, 1.807) is 6.07 Å². The molecule has 0 radical (unpaired) electrons. The van der Waals surface area contributed by atoms with E-state index in [4.69, 9.17) is 5.73 Å². The van der Waals surface area contributed by atoms with E-state index in [1.807, 2.05) is 0 Å². The molecular formula is C8H7FN2. The Morgan fingerprint density at radius 2 is 2.18 bits per heavy atom. The predicted octanol–water partition coefficient (Wildman–Crippen LogP) is 1.80. The molecule has 1 aliphatic heterocycles. The van der Waals surface area contributed by atoms with E-state index in [0.717, 1.165) is 16.9 Å². The number of benzene rings is 1. The summed E-state index contributed by atoms with van der Waals surface area (Å²) in [4.78, 5) is 0. The number of nitrogens with two attached hydrogens (primary N) is 1. The standard InChI is InChI=1S/C8H7FN2/c1-4-5-2-6(9)7(10)3-8(5)11-4/h2-3,11H,1,10H2. The molecule has 0 aromatic heterocycles. The van der Waals surface area contributed by atoms with Crippen molar-refractivity contribution in [1.29, 1.82) is 0 Å². The maximum absolute atomic E-state index is 12.8. The Labute approximate surface area is 63.5 Å². The maximum Gasteiger partial charge on any atom is 0.146 e. The first kappa shape index (κ1) is 6.22. The van der Waals surface area contributed by atoms with Gasteiger partial charge in [-0.1, -0.05) is 6.58 Å². The molecule has 0 aliphatic carbocycles. The minimum Gasteiger partial charge on any atom is -0.396 e. The molecule has 2 rings (SSSR count). The molecule has 0 bridgehead atoms. The summed E-state index contributed by atoms with van der Waals surface area (Å²) in [5.74, 6) is -0.383. The summed E-state index contributed by atoms with van der Waals surface area (Å²) in [5, 5.41) is 2.91. The van der Waals surface area contributed by atoms with Gasteiger partial charge in [0.15, 0.2) is 0 Å². The van der Waals surface area contributed by atoms with E-state index in [1.165, 1.54) is 6.07 Å². The number of hydrogen-bond acceptors (Lipinski definition) is 2. The third-order valence-corrected chi connectivity index (χ3v) is 1.75. The Bertz CT molecular complexity index is 344. The van der Waals surface area contributed by atoms with Crippen LogP contribution >= 0.6 is 0 Å². The van der Waals surface area contributed by atoms with Crippen LogP contribution in [-0.4, -0.2) is 0 Å². The van der Waals surface area contributed by atoms with Crippen molar-refractivity contribution in [1.82, 2.24) is 0 Å².